The lowest BCUT2D eigenvalue weighted by molar-refractivity contribution is -0.158. The average Bonchev–Trinajstić information content (AvgIpc) is 2.80. The van der Waals surface area contributed by atoms with Gasteiger partial charge in [-0.25, -0.2) is 5.48 Å². The molecule has 0 aliphatic carbocycles. The number of amides is 1. The van der Waals surface area contributed by atoms with Crippen LogP contribution in [0.15, 0.2) is 48.5 Å². The number of hydrogen-bond donors (Lipinski definition) is 4. The summed E-state index contributed by atoms with van der Waals surface area (Å²) in [5, 5.41) is 15.4. The summed E-state index contributed by atoms with van der Waals surface area (Å²) in [6.45, 7) is 12.0. The van der Waals surface area contributed by atoms with E-state index < -0.39 is 5.60 Å². The Hall–Kier alpha value is -2.74. The van der Waals surface area contributed by atoms with Crippen molar-refractivity contribution in [2.75, 3.05) is 0 Å². The third kappa shape index (κ3) is 11.5. The molecule has 192 valence electrons. The minimum atomic E-state index is -0.497. The van der Waals surface area contributed by atoms with E-state index in [-0.39, 0.29) is 24.3 Å². The van der Waals surface area contributed by atoms with E-state index in [1.165, 1.54) is 11.1 Å². The number of nitrogens with one attached hydrogen (secondary N) is 3. The van der Waals surface area contributed by atoms with Crippen molar-refractivity contribution in [3.05, 3.63) is 70.8 Å². The Kier molecular flexibility index (Phi) is 11.4. The molecule has 0 aliphatic heterocycles. The first kappa shape index (κ1) is 28.5. The van der Waals surface area contributed by atoms with Crippen molar-refractivity contribution in [1.82, 2.24) is 16.1 Å². The second kappa shape index (κ2) is 14.0. The summed E-state index contributed by atoms with van der Waals surface area (Å²) in [7, 11) is 0. The summed E-state index contributed by atoms with van der Waals surface area (Å²) < 4.78 is 5.59. The number of carbonyl (C=O) groups excluding carboxylic acids is 2. The van der Waals surface area contributed by atoms with Gasteiger partial charge >= 0.3 is 5.97 Å². The molecule has 0 saturated carbocycles. The van der Waals surface area contributed by atoms with E-state index >= 15 is 0 Å². The van der Waals surface area contributed by atoms with Crippen LogP contribution in [0.1, 0.15) is 69.7 Å². The molecule has 1 amide bonds. The molecule has 35 heavy (non-hydrogen) atoms. The van der Waals surface area contributed by atoms with E-state index in [1.54, 1.807) is 5.48 Å². The number of hydrogen-bond acceptors (Lipinski definition) is 6. The van der Waals surface area contributed by atoms with E-state index in [0.717, 1.165) is 30.6 Å². The Balaban J connectivity index is 1.79. The summed E-state index contributed by atoms with van der Waals surface area (Å²) in [6, 6.07) is 16.2. The van der Waals surface area contributed by atoms with Crippen molar-refractivity contribution in [2.45, 2.75) is 85.2 Å². The molecule has 2 rings (SSSR count). The van der Waals surface area contributed by atoms with Crippen LogP contribution in [0.4, 0.5) is 0 Å². The maximum Gasteiger partial charge on any atom is 0.323 e. The molecule has 2 aromatic carbocycles. The molecule has 0 aromatic heterocycles. The largest absolute Gasteiger partial charge is 0.459 e. The maximum absolute atomic E-state index is 12.6. The molecule has 0 bridgehead atoms. The van der Waals surface area contributed by atoms with Gasteiger partial charge in [0.2, 0.25) is 5.91 Å². The number of benzene rings is 2. The SMILES string of the molecule is CC(C)C[C@H](NCc1ccc(CNCc2ccc(CCC(=O)NO)cc2)cc1)C(=O)OC(C)(C)C. The second-order valence-corrected chi connectivity index (χ2v) is 10.4. The molecule has 0 radical (unpaired) electrons. The van der Waals surface area contributed by atoms with Crippen molar-refractivity contribution < 1.29 is 19.5 Å². The van der Waals surface area contributed by atoms with Gasteiger partial charge in [-0.3, -0.25) is 14.8 Å². The van der Waals surface area contributed by atoms with Crippen LogP contribution in [0, 0.1) is 5.92 Å². The Morgan fingerprint density at radius 3 is 1.80 bits per heavy atom. The van der Waals surface area contributed by atoms with Crippen LogP contribution < -0.4 is 16.1 Å². The van der Waals surface area contributed by atoms with Gasteiger partial charge in [-0.1, -0.05) is 62.4 Å². The minimum Gasteiger partial charge on any atom is -0.459 e. The highest BCUT2D eigenvalue weighted by Gasteiger charge is 2.25. The van der Waals surface area contributed by atoms with Gasteiger partial charge in [0.05, 0.1) is 0 Å². The van der Waals surface area contributed by atoms with E-state index in [1.807, 2.05) is 45.0 Å². The standard InChI is InChI=1S/C28H41N3O4/c1-20(2)16-25(27(33)35-28(3,4)5)30-19-24-12-10-23(11-13-24)18-29-17-22-8-6-21(7-9-22)14-15-26(32)31-34/h6-13,20,25,29-30,34H,14-19H2,1-5H3,(H,31,32)/t25-/m0/s1. The molecule has 0 saturated heterocycles. The van der Waals surface area contributed by atoms with Gasteiger partial charge in [-0.15, -0.1) is 0 Å². The third-order valence-corrected chi connectivity index (χ3v) is 5.42. The van der Waals surface area contributed by atoms with Crippen LogP contribution in [0.3, 0.4) is 0 Å². The van der Waals surface area contributed by atoms with E-state index in [4.69, 9.17) is 9.94 Å². The third-order valence-electron chi connectivity index (χ3n) is 5.42. The second-order valence-electron chi connectivity index (χ2n) is 10.4. The van der Waals surface area contributed by atoms with Crippen LogP contribution in [0.2, 0.25) is 0 Å². The Bertz CT molecular complexity index is 919. The van der Waals surface area contributed by atoms with Gasteiger partial charge in [-0.2, -0.15) is 0 Å². The molecule has 0 unspecified atom stereocenters. The van der Waals surface area contributed by atoms with Crippen molar-refractivity contribution in [3.8, 4) is 0 Å². The molecule has 7 nitrogen and oxygen atoms in total. The lowest BCUT2D eigenvalue weighted by Crippen LogP contribution is -2.41. The highest BCUT2D eigenvalue weighted by Crippen LogP contribution is 2.14. The minimum absolute atomic E-state index is 0.198. The zero-order valence-electron chi connectivity index (χ0n) is 21.7. The molecule has 1 atom stereocenters. The van der Waals surface area contributed by atoms with Gasteiger partial charge < -0.3 is 15.4 Å². The molecule has 0 spiro atoms. The molecule has 7 heteroatoms. The number of carbonyl (C=O) groups is 2. The van der Waals surface area contributed by atoms with Crippen LogP contribution >= 0.6 is 0 Å². The van der Waals surface area contributed by atoms with E-state index in [0.29, 0.717) is 18.9 Å². The molecular formula is C28H41N3O4. The summed E-state index contributed by atoms with van der Waals surface area (Å²) in [6.07, 6.45) is 1.59. The number of ether oxygens (including phenoxy) is 1. The van der Waals surface area contributed by atoms with Gasteiger partial charge in [0.1, 0.15) is 11.6 Å². The van der Waals surface area contributed by atoms with Crippen LogP contribution in [0.5, 0.6) is 0 Å². The first-order valence-electron chi connectivity index (χ1n) is 12.3. The number of esters is 1. The Morgan fingerprint density at radius 2 is 1.34 bits per heavy atom. The number of aryl methyl sites for hydroxylation is 1. The fraction of sp³-hybridized carbons (Fsp3) is 0.500. The van der Waals surface area contributed by atoms with E-state index in [2.05, 4.69) is 48.7 Å². The van der Waals surface area contributed by atoms with Crippen molar-refractivity contribution in [2.24, 2.45) is 5.92 Å². The first-order chi connectivity index (χ1) is 16.6. The van der Waals surface area contributed by atoms with Crippen LogP contribution in [-0.4, -0.2) is 28.7 Å². The zero-order valence-corrected chi connectivity index (χ0v) is 21.7. The fourth-order valence-electron chi connectivity index (χ4n) is 3.61. The fourth-order valence-corrected chi connectivity index (χ4v) is 3.61. The number of rotatable bonds is 13. The van der Waals surface area contributed by atoms with Crippen molar-refractivity contribution in [1.29, 1.82) is 0 Å². The normalized spacial score (nSPS) is 12.4. The van der Waals surface area contributed by atoms with E-state index in [9.17, 15) is 9.59 Å². The maximum atomic E-state index is 12.6. The van der Waals surface area contributed by atoms with Crippen molar-refractivity contribution >= 4 is 11.9 Å². The summed E-state index contributed by atoms with van der Waals surface area (Å²) in [5.74, 6) is -0.191. The Morgan fingerprint density at radius 1 is 0.857 bits per heavy atom. The average molecular weight is 484 g/mol. The van der Waals surface area contributed by atoms with Gasteiger partial charge in [0.25, 0.3) is 0 Å². The lowest BCUT2D eigenvalue weighted by Gasteiger charge is -2.25. The Labute approximate surface area is 209 Å². The molecule has 4 N–H and O–H groups in total. The zero-order chi connectivity index (χ0) is 25.8. The predicted molar refractivity (Wildman–Crippen MR) is 138 cm³/mol. The molecule has 0 heterocycles. The van der Waals surface area contributed by atoms with Crippen LogP contribution in [-0.2, 0) is 40.4 Å². The highest BCUT2D eigenvalue weighted by atomic mass is 16.6. The van der Waals surface area contributed by atoms with Crippen molar-refractivity contribution in [3.63, 3.8) is 0 Å². The first-order valence-corrected chi connectivity index (χ1v) is 12.3. The van der Waals surface area contributed by atoms with Crippen LogP contribution in [0.25, 0.3) is 0 Å². The van der Waals surface area contributed by atoms with Gasteiger partial charge in [0.15, 0.2) is 0 Å². The quantitative estimate of drug-likeness (QED) is 0.193. The predicted octanol–water partition coefficient (Wildman–Crippen LogP) is 4.26. The summed E-state index contributed by atoms with van der Waals surface area (Å²) in [4.78, 5) is 23.7. The monoisotopic (exact) mass is 483 g/mol. The highest BCUT2D eigenvalue weighted by molar-refractivity contribution is 5.76. The van der Waals surface area contributed by atoms with Gasteiger partial charge in [0, 0.05) is 26.1 Å². The van der Waals surface area contributed by atoms with Gasteiger partial charge in [-0.05, 0) is 61.8 Å². The molecule has 0 fully saturated rings. The molecular weight excluding hydrogens is 442 g/mol. The summed E-state index contributed by atoms with van der Waals surface area (Å²) >= 11 is 0. The molecule has 0 aliphatic rings. The topological polar surface area (TPSA) is 99.7 Å². The number of hydroxylamine groups is 1. The lowest BCUT2D eigenvalue weighted by atomic mass is 10.0. The molecule has 2 aromatic rings. The smallest absolute Gasteiger partial charge is 0.323 e. The summed E-state index contributed by atoms with van der Waals surface area (Å²) in [5.41, 5.74) is 5.69.